The molecule has 5 aliphatic heterocycles. The van der Waals surface area contributed by atoms with Gasteiger partial charge in [-0.1, -0.05) is 12.0 Å². The van der Waals surface area contributed by atoms with Crippen LogP contribution in [0.1, 0.15) is 89.3 Å². The van der Waals surface area contributed by atoms with Crippen molar-refractivity contribution < 1.29 is 28.2 Å². The van der Waals surface area contributed by atoms with E-state index in [1.54, 1.807) is 15.3 Å². The van der Waals surface area contributed by atoms with Crippen LogP contribution < -0.4 is 30.9 Å². The van der Waals surface area contributed by atoms with Crippen LogP contribution in [0.25, 0.3) is 44.0 Å². The van der Waals surface area contributed by atoms with E-state index < -0.39 is 23.6 Å². The van der Waals surface area contributed by atoms with Crippen molar-refractivity contribution in [1.82, 2.24) is 39.6 Å². The van der Waals surface area contributed by atoms with Gasteiger partial charge in [0.25, 0.3) is 0 Å². The average molecular weight is 953 g/mol. The normalized spacial score (nSPS) is 21.6. The van der Waals surface area contributed by atoms with E-state index >= 15 is 8.78 Å². The first-order chi connectivity index (χ1) is 33.9. The zero-order valence-corrected chi connectivity index (χ0v) is 39.6. The number of terminal acetylenes is 1. The van der Waals surface area contributed by atoms with Crippen LogP contribution in [0.15, 0.2) is 53.5 Å². The number of benzene rings is 3. The van der Waals surface area contributed by atoms with E-state index in [4.69, 9.17) is 16.1 Å². The fourth-order valence-corrected chi connectivity index (χ4v) is 12.0. The number of ether oxygens (including phenoxy) is 1. The molecular weight excluding hydrogens is 895 g/mol. The van der Waals surface area contributed by atoms with E-state index in [0.717, 1.165) is 75.9 Å². The zero-order valence-electron chi connectivity index (χ0n) is 39.6. The number of imide groups is 1. The number of piperazine rings is 1. The largest absolute Gasteiger partial charge is 0.508 e. The molecule has 3 aromatic carbocycles. The van der Waals surface area contributed by atoms with Crippen molar-refractivity contribution in [2.75, 3.05) is 62.2 Å². The summed E-state index contributed by atoms with van der Waals surface area (Å²) in [4.78, 5) is 59.5. The van der Waals surface area contributed by atoms with Gasteiger partial charge in [-0.3, -0.25) is 33.9 Å². The van der Waals surface area contributed by atoms with Crippen LogP contribution in [0.2, 0.25) is 0 Å². The monoisotopic (exact) mass is 952 g/mol. The van der Waals surface area contributed by atoms with Gasteiger partial charge >= 0.3 is 11.7 Å². The average Bonchev–Trinajstić information content (AvgIpc) is 3.85. The third-order valence-corrected chi connectivity index (χ3v) is 15.5. The van der Waals surface area contributed by atoms with E-state index in [1.807, 2.05) is 19.9 Å². The van der Waals surface area contributed by atoms with E-state index in [2.05, 4.69) is 53.4 Å². The Morgan fingerprint density at radius 2 is 1.63 bits per heavy atom. The van der Waals surface area contributed by atoms with Crippen LogP contribution in [-0.2, 0) is 9.59 Å². The molecule has 3 atom stereocenters. The van der Waals surface area contributed by atoms with Gasteiger partial charge in [-0.15, -0.1) is 6.42 Å². The molecule has 0 radical (unpaired) electrons. The predicted octanol–water partition coefficient (Wildman–Crippen LogP) is 6.82. The summed E-state index contributed by atoms with van der Waals surface area (Å²) in [5, 5.41) is 17.9. The number of likely N-dealkylation sites (tertiary alicyclic amines) is 1. The summed E-state index contributed by atoms with van der Waals surface area (Å²) in [5.74, 6) is 1.99. The molecule has 17 heteroatoms. The van der Waals surface area contributed by atoms with Crippen LogP contribution in [-0.4, -0.2) is 110 Å². The number of anilines is 2. The van der Waals surface area contributed by atoms with Crippen molar-refractivity contribution in [3.05, 3.63) is 76.3 Å². The first-order valence-corrected chi connectivity index (χ1v) is 24.9. The summed E-state index contributed by atoms with van der Waals surface area (Å²) in [5.41, 5.74) is 2.39. The number of phenols is 1. The second kappa shape index (κ2) is 18.6. The molecule has 5 fully saturated rings. The summed E-state index contributed by atoms with van der Waals surface area (Å²) >= 11 is 0. The Morgan fingerprint density at radius 3 is 2.34 bits per heavy atom. The lowest BCUT2D eigenvalue weighted by molar-refractivity contribution is -0.135. The van der Waals surface area contributed by atoms with E-state index in [1.165, 1.54) is 30.7 Å². The third kappa shape index (κ3) is 8.48. The second-order valence-corrected chi connectivity index (χ2v) is 20.3. The number of halogens is 2. The Morgan fingerprint density at radius 1 is 0.886 bits per heavy atom. The highest BCUT2D eigenvalue weighted by atomic mass is 19.1. The van der Waals surface area contributed by atoms with E-state index in [9.17, 15) is 19.5 Å². The van der Waals surface area contributed by atoms with Crippen molar-refractivity contribution in [2.24, 2.45) is 11.8 Å². The van der Waals surface area contributed by atoms with Gasteiger partial charge in [0, 0.05) is 80.1 Å². The summed E-state index contributed by atoms with van der Waals surface area (Å²) in [6, 6.07) is 11.5. The fraction of sp³-hybridized carbons (Fsp3) is 0.472. The number of hydrogen-bond donors (Lipinski definition) is 3. The summed E-state index contributed by atoms with van der Waals surface area (Å²) in [6.45, 7) is 10.1. The fourth-order valence-electron chi connectivity index (χ4n) is 12.0. The minimum atomic E-state index is -0.741. The van der Waals surface area contributed by atoms with Crippen LogP contribution in [0.4, 0.5) is 20.3 Å². The van der Waals surface area contributed by atoms with Crippen LogP contribution in [0.3, 0.4) is 0 Å². The zero-order chi connectivity index (χ0) is 48.4. The number of nitrogens with zero attached hydrogens (tertiary/aromatic N) is 8. The molecule has 5 aliphatic rings. The maximum Gasteiger partial charge on any atom is 0.330 e. The molecule has 2 bridgehead atoms. The highest BCUT2D eigenvalue weighted by Crippen LogP contribution is 2.40. The molecule has 364 valence electrons. The van der Waals surface area contributed by atoms with E-state index in [-0.39, 0.29) is 63.5 Å². The van der Waals surface area contributed by atoms with Gasteiger partial charge < -0.3 is 25.0 Å². The topological polar surface area (TPSA) is 163 Å². The summed E-state index contributed by atoms with van der Waals surface area (Å²) in [6.07, 6.45) is 15.5. The number of carbonyl (C=O) groups is 2. The van der Waals surface area contributed by atoms with Crippen molar-refractivity contribution in [3.8, 4) is 35.4 Å². The minimum absolute atomic E-state index is 0.0255. The third-order valence-electron chi connectivity index (χ3n) is 15.5. The van der Waals surface area contributed by atoms with Gasteiger partial charge in [-0.2, -0.15) is 9.97 Å². The van der Waals surface area contributed by atoms with Gasteiger partial charge in [-0.05, 0) is 132 Å². The van der Waals surface area contributed by atoms with Gasteiger partial charge in [0.2, 0.25) is 11.8 Å². The highest BCUT2D eigenvalue weighted by Gasteiger charge is 2.36. The highest BCUT2D eigenvalue weighted by molar-refractivity contribution is 6.03. The standard InChI is InChI=1S/C53H58F2N10O5/c1-4-38-41(54)9-5-33-24-37(66)26-39(46(33)38)48-47(55)49-40(27-56-48)50(63-28-34-6-7-35(29-63)57-34)60-52(59-49)70-22-21-61-17-13-31(14-18-61)23-32-15-19-62(20-16-32)36-8-10-42-44(25-36)64(30(2)3)53(69)65(42)43-11-12-45(67)58-51(43)68/h1,5,8-10,24-27,30-32,34-35,43,57,66H,6-7,11-23,28-29H2,2-3H3,(H,58,67,68). The molecule has 11 rings (SSSR count). The maximum atomic E-state index is 17.0. The number of imidazole rings is 1. The predicted molar refractivity (Wildman–Crippen MR) is 264 cm³/mol. The molecule has 0 spiro atoms. The first kappa shape index (κ1) is 45.8. The van der Waals surface area contributed by atoms with Crippen molar-refractivity contribution in [3.63, 3.8) is 0 Å². The quantitative estimate of drug-likeness (QED) is 0.0920. The summed E-state index contributed by atoms with van der Waals surface area (Å²) < 4.78 is 41.6. The lowest BCUT2D eigenvalue weighted by atomic mass is 9.82. The molecule has 8 heterocycles. The number of pyridine rings is 1. The SMILES string of the molecule is C#Cc1c(F)ccc2cc(O)cc(-c3ncc4c(N5CC6CCC(C5)N6)nc(OCCN5CCC(CC6CCN(c7ccc8c(c7)n(C(C)C)c(=O)n8C7CCC(=O)NC7=O)CC6)CC5)nc4c3F)c12. The molecular formula is C53H58F2N10O5. The molecule has 70 heavy (non-hydrogen) atoms. The number of aromatic nitrogens is 5. The number of hydrogen-bond acceptors (Lipinski definition) is 12. The lowest BCUT2D eigenvalue weighted by Crippen LogP contribution is -2.51. The Labute approximate surface area is 404 Å². The molecule has 3 N–H and O–H groups in total. The minimum Gasteiger partial charge on any atom is -0.508 e. The molecule has 0 aliphatic carbocycles. The smallest absolute Gasteiger partial charge is 0.330 e. The van der Waals surface area contributed by atoms with Crippen LogP contribution in [0, 0.1) is 35.8 Å². The number of rotatable bonds is 11. The molecule has 15 nitrogen and oxygen atoms in total. The number of aromatic hydroxyl groups is 1. The lowest BCUT2D eigenvalue weighted by Gasteiger charge is -2.37. The summed E-state index contributed by atoms with van der Waals surface area (Å²) in [7, 11) is 0. The Kier molecular flexibility index (Phi) is 12.2. The number of carbonyl (C=O) groups excluding carboxylic acids is 2. The maximum absolute atomic E-state index is 17.0. The van der Waals surface area contributed by atoms with Gasteiger partial charge in [0.1, 0.15) is 41.2 Å². The molecule has 3 aromatic heterocycles. The second-order valence-electron chi connectivity index (χ2n) is 20.3. The van der Waals surface area contributed by atoms with Crippen molar-refractivity contribution >= 4 is 56.0 Å². The van der Waals surface area contributed by atoms with Crippen molar-refractivity contribution in [1.29, 1.82) is 0 Å². The van der Waals surface area contributed by atoms with Crippen LogP contribution >= 0.6 is 0 Å². The van der Waals surface area contributed by atoms with Gasteiger partial charge in [0.15, 0.2) is 5.82 Å². The molecule has 3 unspecified atom stereocenters. The van der Waals surface area contributed by atoms with Crippen LogP contribution in [0.5, 0.6) is 11.8 Å². The van der Waals surface area contributed by atoms with Gasteiger partial charge in [-0.25, -0.2) is 13.6 Å². The van der Waals surface area contributed by atoms with Gasteiger partial charge in [0.05, 0.1) is 22.0 Å². The Balaban J connectivity index is 0.734. The van der Waals surface area contributed by atoms with Crippen molar-refractivity contribution in [2.45, 2.75) is 95.8 Å². The number of amides is 2. The number of phenolic OH excluding ortho intramolecular Hbond substituents is 1. The Hall–Kier alpha value is -6.64. The molecule has 0 saturated carbocycles. The van der Waals surface area contributed by atoms with E-state index in [0.29, 0.717) is 78.7 Å². The molecule has 5 saturated heterocycles. The number of fused-ring (bicyclic) bond motifs is 5. The number of piperidine rings is 3. The first-order valence-electron chi connectivity index (χ1n) is 24.9. The molecule has 6 aromatic rings. The molecule has 2 amide bonds. The number of nitrogens with one attached hydrogen (secondary N) is 2. The Bertz CT molecular complexity index is 3140.